The van der Waals surface area contributed by atoms with Crippen molar-refractivity contribution in [3.8, 4) is 0 Å². The average molecular weight is 396 g/mol. The first-order valence-electron chi connectivity index (χ1n) is 8.18. The summed E-state index contributed by atoms with van der Waals surface area (Å²) >= 11 is 1.58. The van der Waals surface area contributed by atoms with Crippen LogP contribution in [0, 0.1) is 5.92 Å². The molecule has 1 saturated carbocycles. The highest BCUT2D eigenvalue weighted by Gasteiger charge is 2.38. The summed E-state index contributed by atoms with van der Waals surface area (Å²) in [6.07, 6.45) is 6.09. The van der Waals surface area contributed by atoms with Crippen molar-refractivity contribution in [3.05, 3.63) is 16.1 Å². The topological polar surface area (TPSA) is 63.2 Å². The normalized spacial score (nSPS) is 26.7. The Balaban J connectivity index is 0.00000144. The molecule has 2 N–H and O–H groups in total. The lowest BCUT2D eigenvalue weighted by Crippen LogP contribution is -2.42. The molecule has 2 fully saturated rings. The molecule has 1 saturated heterocycles. The summed E-state index contributed by atoms with van der Waals surface area (Å²) in [7, 11) is 1.68. The number of hydrogen-bond donors (Lipinski definition) is 2. The molecular formula is C16H27Cl2N3O2S. The fourth-order valence-electron chi connectivity index (χ4n) is 3.51. The molecule has 2 aliphatic rings. The van der Waals surface area contributed by atoms with Gasteiger partial charge in [0.1, 0.15) is 11.1 Å². The highest BCUT2D eigenvalue weighted by Crippen LogP contribution is 2.33. The van der Waals surface area contributed by atoms with Gasteiger partial charge >= 0.3 is 0 Å². The summed E-state index contributed by atoms with van der Waals surface area (Å²) in [6.45, 7) is 2.48. The smallest absolute Gasteiger partial charge is 0.237 e. The largest absolute Gasteiger partial charge is 0.375 e. The van der Waals surface area contributed by atoms with Crippen LogP contribution in [0.15, 0.2) is 5.38 Å². The zero-order valence-electron chi connectivity index (χ0n) is 14.1. The number of carbonyl (C=O) groups is 1. The zero-order chi connectivity index (χ0) is 15.5. The number of aromatic nitrogens is 1. The number of ether oxygens (including phenoxy) is 1. The van der Waals surface area contributed by atoms with E-state index >= 15 is 0 Å². The third-order valence-electron chi connectivity index (χ3n) is 4.89. The molecule has 24 heavy (non-hydrogen) atoms. The lowest BCUT2D eigenvalue weighted by molar-refractivity contribution is -0.123. The maximum atomic E-state index is 12.3. The lowest BCUT2D eigenvalue weighted by Gasteiger charge is -2.24. The summed E-state index contributed by atoms with van der Waals surface area (Å²) in [5.41, 5.74) is 0.910. The number of nitrogens with one attached hydrogen (secondary N) is 2. The first kappa shape index (κ1) is 21.6. The Hall–Kier alpha value is -0.400. The molecule has 1 amide bonds. The Labute approximate surface area is 160 Å². The molecule has 0 bridgehead atoms. The van der Waals surface area contributed by atoms with Crippen LogP contribution >= 0.6 is 36.2 Å². The van der Waals surface area contributed by atoms with Crippen LogP contribution in [0.5, 0.6) is 0 Å². The number of thiazole rings is 1. The van der Waals surface area contributed by atoms with Crippen LogP contribution in [-0.2, 0) is 16.1 Å². The number of halogens is 2. The van der Waals surface area contributed by atoms with Crippen LogP contribution in [-0.4, -0.2) is 30.1 Å². The van der Waals surface area contributed by atoms with E-state index in [1.165, 1.54) is 25.7 Å². The van der Waals surface area contributed by atoms with Gasteiger partial charge < -0.3 is 15.4 Å². The van der Waals surface area contributed by atoms with E-state index in [0.29, 0.717) is 18.5 Å². The number of carbonyl (C=O) groups excluding carboxylic acids is 1. The van der Waals surface area contributed by atoms with Gasteiger partial charge in [0.15, 0.2) is 0 Å². The average Bonchev–Trinajstić information content (AvgIpc) is 3.18. The third kappa shape index (κ3) is 5.05. The van der Waals surface area contributed by atoms with Crippen molar-refractivity contribution in [2.24, 2.45) is 5.92 Å². The minimum Gasteiger partial charge on any atom is -0.375 e. The molecule has 1 aromatic heterocycles. The van der Waals surface area contributed by atoms with Gasteiger partial charge in [0.2, 0.25) is 5.91 Å². The molecule has 0 radical (unpaired) electrons. The van der Waals surface area contributed by atoms with Gasteiger partial charge in [-0.2, -0.15) is 0 Å². The van der Waals surface area contributed by atoms with Crippen LogP contribution < -0.4 is 10.6 Å². The summed E-state index contributed by atoms with van der Waals surface area (Å²) in [5.74, 6) is 0.807. The Morgan fingerprint density at radius 3 is 2.92 bits per heavy atom. The van der Waals surface area contributed by atoms with Crippen molar-refractivity contribution >= 4 is 42.1 Å². The molecule has 4 unspecified atom stereocenters. The van der Waals surface area contributed by atoms with Crippen LogP contribution in [0.4, 0.5) is 0 Å². The van der Waals surface area contributed by atoms with Gasteiger partial charge in [0.05, 0.1) is 18.3 Å². The molecule has 2 heterocycles. The van der Waals surface area contributed by atoms with Crippen molar-refractivity contribution < 1.29 is 9.53 Å². The van der Waals surface area contributed by atoms with E-state index in [1.54, 1.807) is 18.4 Å². The van der Waals surface area contributed by atoms with Gasteiger partial charge in [-0.3, -0.25) is 4.79 Å². The fraction of sp³-hybridized carbons (Fsp3) is 0.750. The minimum atomic E-state index is -0.0240. The van der Waals surface area contributed by atoms with E-state index in [9.17, 15) is 4.79 Å². The predicted octanol–water partition coefficient (Wildman–Crippen LogP) is 3.23. The maximum Gasteiger partial charge on any atom is 0.237 e. The Morgan fingerprint density at radius 2 is 2.21 bits per heavy atom. The second kappa shape index (κ2) is 9.92. The highest BCUT2D eigenvalue weighted by atomic mass is 35.5. The van der Waals surface area contributed by atoms with E-state index < -0.39 is 0 Å². The molecule has 138 valence electrons. The number of methoxy groups -OCH3 is 1. The zero-order valence-corrected chi connectivity index (χ0v) is 16.6. The first-order chi connectivity index (χ1) is 10.7. The SMILES string of the molecule is COC(C)c1nc(CNC(=O)C2CC3CCCCC3N2)cs1.Cl.Cl. The molecule has 8 heteroatoms. The van der Waals surface area contributed by atoms with Crippen LogP contribution in [0.3, 0.4) is 0 Å². The molecule has 1 aliphatic heterocycles. The van der Waals surface area contributed by atoms with E-state index in [1.807, 2.05) is 12.3 Å². The van der Waals surface area contributed by atoms with Crippen molar-refractivity contribution in [3.63, 3.8) is 0 Å². The van der Waals surface area contributed by atoms with E-state index in [2.05, 4.69) is 15.6 Å². The van der Waals surface area contributed by atoms with E-state index in [-0.39, 0.29) is 42.9 Å². The highest BCUT2D eigenvalue weighted by molar-refractivity contribution is 7.09. The quantitative estimate of drug-likeness (QED) is 0.802. The van der Waals surface area contributed by atoms with Gasteiger partial charge in [-0.05, 0) is 32.1 Å². The molecule has 0 aromatic carbocycles. The van der Waals surface area contributed by atoms with Crippen molar-refractivity contribution in [2.45, 2.75) is 63.8 Å². The van der Waals surface area contributed by atoms with Gasteiger partial charge in [-0.15, -0.1) is 36.2 Å². The Morgan fingerprint density at radius 1 is 1.46 bits per heavy atom. The fourth-order valence-corrected chi connectivity index (χ4v) is 4.36. The lowest BCUT2D eigenvalue weighted by atomic mass is 9.85. The monoisotopic (exact) mass is 395 g/mol. The minimum absolute atomic E-state index is 0. The van der Waals surface area contributed by atoms with Gasteiger partial charge in [0.25, 0.3) is 0 Å². The number of nitrogens with zero attached hydrogens (tertiary/aromatic N) is 1. The van der Waals surface area contributed by atoms with E-state index in [4.69, 9.17) is 4.74 Å². The summed E-state index contributed by atoms with van der Waals surface area (Å²) < 4.78 is 5.26. The van der Waals surface area contributed by atoms with Crippen LogP contribution in [0.2, 0.25) is 0 Å². The van der Waals surface area contributed by atoms with Gasteiger partial charge in [-0.25, -0.2) is 4.98 Å². The number of hydrogen-bond acceptors (Lipinski definition) is 5. The second-order valence-corrected chi connectivity index (χ2v) is 7.27. The third-order valence-corrected chi connectivity index (χ3v) is 5.95. The summed E-state index contributed by atoms with van der Waals surface area (Å²) in [5, 5.41) is 9.48. The summed E-state index contributed by atoms with van der Waals surface area (Å²) in [4.78, 5) is 16.8. The number of fused-ring (bicyclic) bond motifs is 1. The standard InChI is InChI=1S/C16H25N3O2S.2ClH/c1-10(21-2)16-18-12(9-22-16)8-17-15(20)14-7-11-5-3-4-6-13(11)19-14;;/h9-11,13-14,19H,3-8H2,1-2H3,(H,17,20);2*1H. The van der Waals surface area contributed by atoms with Gasteiger partial charge in [-0.1, -0.05) is 12.8 Å². The molecule has 5 nitrogen and oxygen atoms in total. The number of amides is 1. The molecule has 1 aliphatic carbocycles. The Bertz CT molecular complexity index is 515. The van der Waals surface area contributed by atoms with E-state index in [0.717, 1.165) is 17.1 Å². The van der Waals surface area contributed by atoms with Crippen molar-refractivity contribution in [1.29, 1.82) is 0 Å². The number of rotatable bonds is 5. The molecule has 0 spiro atoms. The van der Waals surface area contributed by atoms with Crippen LogP contribution in [0.1, 0.15) is 55.8 Å². The predicted molar refractivity (Wildman–Crippen MR) is 101 cm³/mol. The first-order valence-corrected chi connectivity index (χ1v) is 9.06. The Kier molecular flexibility index (Phi) is 8.95. The molecule has 4 atom stereocenters. The van der Waals surface area contributed by atoms with Crippen molar-refractivity contribution in [1.82, 2.24) is 15.6 Å². The molecular weight excluding hydrogens is 369 g/mol. The van der Waals surface area contributed by atoms with Crippen LogP contribution in [0.25, 0.3) is 0 Å². The van der Waals surface area contributed by atoms with Crippen molar-refractivity contribution in [2.75, 3.05) is 7.11 Å². The molecule has 1 aromatic rings. The summed E-state index contributed by atoms with van der Waals surface area (Å²) in [6, 6.07) is 0.530. The maximum absolute atomic E-state index is 12.3. The molecule has 3 rings (SSSR count). The van der Waals surface area contributed by atoms with Gasteiger partial charge in [0, 0.05) is 18.5 Å². The second-order valence-electron chi connectivity index (χ2n) is 6.38.